The Morgan fingerprint density at radius 1 is 0.943 bits per heavy atom. The molecule has 4 rings (SSSR count). The summed E-state index contributed by atoms with van der Waals surface area (Å²) in [5.74, 6) is 5.25. The average molecular weight is 494 g/mol. The Balaban J connectivity index is 1.62. The van der Waals surface area contributed by atoms with Gasteiger partial charge < -0.3 is 16.5 Å². The van der Waals surface area contributed by atoms with E-state index in [1.165, 1.54) is 0 Å². The van der Waals surface area contributed by atoms with Gasteiger partial charge in [-0.25, -0.2) is 8.42 Å². The Labute approximate surface area is 206 Å². The minimum Gasteiger partial charge on any atom is -0.382 e. The van der Waals surface area contributed by atoms with Crippen LogP contribution in [0.4, 0.5) is 0 Å². The van der Waals surface area contributed by atoms with E-state index in [4.69, 9.17) is 11.6 Å². The number of fused-ring (bicyclic) bond motifs is 1. The van der Waals surface area contributed by atoms with E-state index in [1.54, 1.807) is 47.4 Å². The summed E-state index contributed by atoms with van der Waals surface area (Å²) in [6.45, 7) is 1.27. The number of hydrogen-bond donors (Lipinski definition) is 3. The number of nitrogens with zero attached hydrogens (tertiary/aromatic N) is 2. The van der Waals surface area contributed by atoms with E-state index < -0.39 is 16.1 Å². The average Bonchev–Trinajstić information content (AvgIpc) is 3.17. The van der Waals surface area contributed by atoms with E-state index in [9.17, 15) is 13.2 Å². The van der Waals surface area contributed by atoms with Crippen molar-refractivity contribution in [3.63, 3.8) is 0 Å². The summed E-state index contributed by atoms with van der Waals surface area (Å²) in [5.41, 5.74) is 7.22. The number of amides is 1. The maximum Gasteiger partial charge on any atom is 0.241 e. The molecular weight excluding hydrogens is 462 g/mol. The number of amidine groups is 1. The molecule has 1 saturated heterocycles. The fourth-order valence-corrected chi connectivity index (χ4v) is 5.63. The molecule has 0 aliphatic carbocycles. The molecule has 1 amide bonds. The van der Waals surface area contributed by atoms with E-state index in [-0.39, 0.29) is 23.1 Å². The SMILES string of the molecule is N/N=C(/N)c1ccc(C[C@H](NS(=O)(=O)c2ccc3ccccc3c2)C(=O)N2CCCCCC2)cc1. The van der Waals surface area contributed by atoms with Crippen LogP contribution in [0.3, 0.4) is 0 Å². The maximum atomic E-state index is 13.5. The van der Waals surface area contributed by atoms with Crippen molar-refractivity contribution in [1.29, 1.82) is 0 Å². The molecule has 0 bridgehead atoms. The zero-order valence-corrected chi connectivity index (χ0v) is 20.4. The molecule has 0 spiro atoms. The van der Waals surface area contributed by atoms with E-state index in [2.05, 4.69) is 9.82 Å². The largest absolute Gasteiger partial charge is 0.382 e. The molecule has 1 atom stereocenters. The summed E-state index contributed by atoms with van der Waals surface area (Å²) in [6, 6.07) is 18.7. The van der Waals surface area contributed by atoms with Gasteiger partial charge in [0, 0.05) is 18.7 Å². The molecule has 1 aliphatic rings. The number of carbonyl (C=O) groups is 1. The lowest BCUT2D eigenvalue weighted by Crippen LogP contribution is -2.49. The smallest absolute Gasteiger partial charge is 0.241 e. The molecule has 3 aromatic carbocycles. The normalized spacial score (nSPS) is 16.1. The zero-order valence-electron chi connectivity index (χ0n) is 19.6. The molecule has 0 unspecified atom stereocenters. The number of sulfonamides is 1. The topological polar surface area (TPSA) is 131 Å². The van der Waals surface area contributed by atoms with Gasteiger partial charge in [-0.1, -0.05) is 67.4 Å². The number of benzene rings is 3. The van der Waals surface area contributed by atoms with E-state index in [1.807, 2.05) is 24.3 Å². The zero-order chi connectivity index (χ0) is 24.8. The highest BCUT2D eigenvalue weighted by molar-refractivity contribution is 7.89. The summed E-state index contributed by atoms with van der Waals surface area (Å²) in [6.07, 6.45) is 4.19. The van der Waals surface area contributed by atoms with Gasteiger partial charge in [0.15, 0.2) is 0 Å². The first kappa shape index (κ1) is 24.7. The standard InChI is InChI=1S/C26H31N5O3S/c27-25(29-28)21-11-9-19(10-12-21)17-24(26(32)31-15-5-1-2-6-16-31)30-35(33,34)23-14-13-20-7-3-4-8-22(20)18-23/h3-4,7-14,18,24,30H,1-2,5-6,15-17,28H2,(H2,27,29)/t24-/m0/s1. The first-order valence-corrected chi connectivity index (χ1v) is 13.3. The third-order valence-electron chi connectivity index (χ3n) is 6.37. The van der Waals surface area contributed by atoms with Crippen LogP contribution in [0.15, 0.2) is 76.7 Å². The third kappa shape index (κ3) is 5.98. The molecule has 1 fully saturated rings. The second-order valence-corrected chi connectivity index (χ2v) is 10.6. The van der Waals surface area contributed by atoms with Crippen molar-refractivity contribution < 1.29 is 13.2 Å². The minimum absolute atomic E-state index is 0.132. The second-order valence-electron chi connectivity index (χ2n) is 8.84. The van der Waals surface area contributed by atoms with E-state index >= 15 is 0 Å². The molecule has 1 heterocycles. The molecule has 8 nitrogen and oxygen atoms in total. The highest BCUT2D eigenvalue weighted by Gasteiger charge is 2.30. The Kier molecular flexibility index (Phi) is 7.67. The van der Waals surface area contributed by atoms with Crippen molar-refractivity contribution in [2.75, 3.05) is 13.1 Å². The van der Waals surface area contributed by atoms with Crippen molar-refractivity contribution in [3.05, 3.63) is 77.9 Å². The monoisotopic (exact) mass is 493 g/mol. The van der Waals surface area contributed by atoms with E-state index in [0.717, 1.165) is 42.0 Å². The van der Waals surface area contributed by atoms with E-state index in [0.29, 0.717) is 18.7 Å². The summed E-state index contributed by atoms with van der Waals surface area (Å²) in [7, 11) is -3.94. The summed E-state index contributed by atoms with van der Waals surface area (Å²) in [4.78, 5) is 15.5. The number of rotatable bonds is 7. The maximum absolute atomic E-state index is 13.5. The first-order valence-electron chi connectivity index (χ1n) is 11.8. The number of likely N-dealkylation sites (tertiary alicyclic amines) is 1. The minimum atomic E-state index is -3.94. The number of nitrogens with two attached hydrogens (primary N) is 2. The first-order chi connectivity index (χ1) is 16.9. The van der Waals surface area contributed by atoms with Gasteiger partial charge in [-0.3, -0.25) is 4.79 Å². The van der Waals surface area contributed by atoms with Crippen LogP contribution >= 0.6 is 0 Å². The molecule has 5 N–H and O–H groups in total. The van der Waals surface area contributed by atoms with Gasteiger partial charge in [-0.05, 0) is 47.7 Å². The Morgan fingerprint density at radius 3 is 2.26 bits per heavy atom. The Hall–Kier alpha value is -3.43. The van der Waals surface area contributed by atoms with Gasteiger partial charge in [0.1, 0.15) is 11.9 Å². The molecule has 184 valence electrons. The summed E-state index contributed by atoms with van der Waals surface area (Å²) < 4.78 is 29.5. The molecule has 1 aliphatic heterocycles. The van der Waals surface area contributed by atoms with Crippen LogP contribution in [-0.4, -0.2) is 44.2 Å². The second kappa shape index (κ2) is 10.9. The Morgan fingerprint density at radius 2 is 1.60 bits per heavy atom. The predicted molar refractivity (Wildman–Crippen MR) is 138 cm³/mol. The predicted octanol–water partition coefficient (Wildman–Crippen LogP) is 2.71. The van der Waals surface area contributed by atoms with Crippen molar-refractivity contribution >= 4 is 32.5 Å². The van der Waals surface area contributed by atoms with Crippen LogP contribution < -0.4 is 16.3 Å². The highest BCUT2D eigenvalue weighted by atomic mass is 32.2. The molecule has 9 heteroatoms. The number of nitrogens with one attached hydrogen (secondary N) is 1. The van der Waals surface area contributed by atoms with Gasteiger partial charge in [0.25, 0.3) is 0 Å². The summed E-state index contributed by atoms with van der Waals surface area (Å²) >= 11 is 0. The van der Waals surface area contributed by atoms with Crippen LogP contribution in [0.5, 0.6) is 0 Å². The van der Waals surface area contributed by atoms with Crippen LogP contribution in [0, 0.1) is 0 Å². The summed E-state index contributed by atoms with van der Waals surface area (Å²) in [5, 5.41) is 5.26. The van der Waals surface area contributed by atoms with Gasteiger partial charge in [0.05, 0.1) is 4.90 Å². The molecular formula is C26H31N5O3S. The lowest BCUT2D eigenvalue weighted by atomic mass is 10.0. The van der Waals surface area contributed by atoms with Crippen molar-refractivity contribution in [1.82, 2.24) is 9.62 Å². The molecule has 0 radical (unpaired) electrons. The molecule has 0 aromatic heterocycles. The van der Waals surface area contributed by atoms with Gasteiger partial charge in [-0.15, -0.1) is 0 Å². The van der Waals surface area contributed by atoms with Crippen molar-refractivity contribution in [2.45, 2.75) is 43.0 Å². The van der Waals surface area contributed by atoms with Crippen LogP contribution in [-0.2, 0) is 21.2 Å². The van der Waals surface area contributed by atoms with Crippen LogP contribution in [0.1, 0.15) is 36.8 Å². The number of hydrazone groups is 1. The molecule has 3 aromatic rings. The lowest BCUT2D eigenvalue weighted by molar-refractivity contribution is -0.132. The molecule has 0 saturated carbocycles. The lowest BCUT2D eigenvalue weighted by Gasteiger charge is -2.27. The van der Waals surface area contributed by atoms with Crippen LogP contribution in [0.2, 0.25) is 0 Å². The number of hydrogen-bond acceptors (Lipinski definition) is 5. The fraction of sp³-hybridized carbons (Fsp3) is 0.308. The van der Waals surface area contributed by atoms with Gasteiger partial charge in [-0.2, -0.15) is 9.82 Å². The van der Waals surface area contributed by atoms with Gasteiger partial charge in [0.2, 0.25) is 15.9 Å². The molecule has 35 heavy (non-hydrogen) atoms. The number of carbonyl (C=O) groups excluding carboxylic acids is 1. The van der Waals surface area contributed by atoms with Crippen molar-refractivity contribution in [3.8, 4) is 0 Å². The highest BCUT2D eigenvalue weighted by Crippen LogP contribution is 2.20. The van der Waals surface area contributed by atoms with Crippen LogP contribution in [0.25, 0.3) is 10.8 Å². The quantitative estimate of drug-likeness (QED) is 0.202. The van der Waals surface area contributed by atoms with Crippen molar-refractivity contribution in [2.24, 2.45) is 16.7 Å². The Bertz CT molecular complexity index is 1310. The fourth-order valence-electron chi connectivity index (χ4n) is 4.40. The van der Waals surface area contributed by atoms with Gasteiger partial charge >= 0.3 is 0 Å². The third-order valence-corrected chi connectivity index (χ3v) is 7.84.